The molecule has 2 rings (SSSR count). The van der Waals surface area contributed by atoms with E-state index in [4.69, 9.17) is 4.74 Å². The van der Waals surface area contributed by atoms with Gasteiger partial charge in [0, 0.05) is 6.42 Å². The molecule has 10 heteroatoms. The number of amides is 1. The zero-order valence-electron chi connectivity index (χ0n) is 16.2. The first-order valence-electron chi connectivity index (χ1n) is 8.65. The van der Waals surface area contributed by atoms with Crippen LogP contribution in [0.4, 0.5) is 26.7 Å². The van der Waals surface area contributed by atoms with Crippen molar-refractivity contribution in [1.29, 1.82) is 0 Å². The summed E-state index contributed by atoms with van der Waals surface area (Å²) < 4.78 is 72.8. The van der Waals surface area contributed by atoms with Gasteiger partial charge in [-0.3, -0.25) is 0 Å². The first kappa shape index (κ1) is 23.1. The second-order valence-electron chi connectivity index (χ2n) is 7.38. The standard InChI is InChI=1S/C20H18F5NO4/c1-20(2,3)30-19(29)26-11(18(27)28)8-9-4-6-10(7-5-9)12-13(21)15(23)17(25)16(24)14(12)22/h4-7,11H,8H2,1-3H3,(H,26,29)(H,27,28)/t11-/m1/s1. The van der Waals surface area contributed by atoms with E-state index in [1.807, 2.05) is 0 Å². The van der Waals surface area contributed by atoms with Gasteiger partial charge in [-0.2, -0.15) is 0 Å². The Morgan fingerprint density at radius 2 is 1.40 bits per heavy atom. The summed E-state index contributed by atoms with van der Waals surface area (Å²) in [5, 5.41) is 11.5. The Hall–Kier alpha value is -3.17. The van der Waals surface area contributed by atoms with E-state index in [1.165, 1.54) is 12.1 Å². The monoisotopic (exact) mass is 431 g/mol. The van der Waals surface area contributed by atoms with Crippen LogP contribution in [0.15, 0.2) is 24.3 Å². The van der Waals surface area contributed by atoms with Crippen molar-refractivity contribution in [1.82, 2.24) is 5.32 Å². The molecule has 2 aromatic carbocycles. The van der Waals surface area contributed by atoms with Gasteiger partial charge in [0.25, 0.3) is 0 Å². The van der Waals surface area contributed by atoms with Gasteiger partial charge in [0.1, 0.15) is 11.6 Å². The van der Waals surface area contributed by atoms with Crippen LogP contribution in [0, 0.1) is 29.1 Å². The molecule has 0 aromatic heterocycles. The van der Waals surface area contributed by atoms with E-state index < -0.39 is 58.4 Å². The number of carbonyl (C=O) groups excluding carboxylic acids is 1. The SMILES string of the molecule is CC(C)(C)OC(=O)N[C@H](Cc1ccc(-c2c(F)c(F)c(F)c(F)c2F)cc1)C(=O)O. The minimum Gasteiger partial charge on any atom is -0.480 e. The average Bonchev–Trinajstić information content (AvgIpc) is 2.64. The average molecular weight is 431 g/mol. The molecule has 1 atom stereocenters. The lowest BCUT2D eigenvalue weighted by molar-refractivity contribution is -0.139. The van der Waals surface area contributed by atoms with Crippen molar-refractivity contribution in [2.45, 2.75) is 38.8 Å². The molecule has 2 aromatic rings. The van der Waals surface area contributed by atoms with Crippen LogP contribution in [-0.2, 0) is 16.0 Å². The summed E-state index contributed by atoms with van der Waals surface area (Å²) in [5.41, 5.74) is -1.91. The number of hydrogen-bond donors (Lipinski definition) is 2. The van der Waals surface area contributed by atoms with E-state index in [0.717, 1.165) is 12.1 Å². The quantitative estimate of drug-likeness (QED) is 0.413. The highest BCUT2D eigenvalue weighted by Gasteiger charge is 2.27. The smallest absolute Gasteiger partial charge is 0.408 e. The molecule has 2 N–H and O–H groups in total. The predicted molar refractivity (Wildman–Crippen MR) is 96.2 cm³/mol. The molecule has 0 bridgehead atoms. The first-order valence-corrected chi connectivity index (χ1v) is 8.65. The lowest BCUT2D eigenvalue weighted by Gasteiger charge is -2.22. The molecule has 162 valence electrons. The van der Waals surface area contributed by atoms with Gasteiger partial charge < -0.3 is 15.2 Å². The lowest BCUT2D eigenvalue weighted by Crippen LogP contribution is -2.44. The predicted octanol–water partition coefficient (Wildman–Crippen LogP) is 4.57. The second-order valence-corrected chi connectivity index (χ2v) is 7.38. The van der Waals surface area contributed by atoms with Crippen LogP contribution in [0.5, 0.6) is 0 Å². The molecule has 0 saturated carbocycles. The van der Waals surface area contributed by atoms with Crippen LogP contribution >= 0.6 is 0 Å². The van der Waals surface area contributed by atoms with Crippen LogP contribution < -0.4 is 5.32 Å². The van der Waals surface area contributed by atoms with Crippen LogP contribution in [-0.4, -0.2) is 28.8 Å². The maximum atomic E-state index is 13.9. The summed E-state index contributed by atoms with van der Waals surface area (Å²) in [7, 11) is 0. The summed E-state index contributed by atoms with van der Waals surface area (Å²) >= 11 is 0. The number of carboxylic acids is 1. The van der Waals surface area contributed by atoms with Crippen molar-refractivity contribution in [3.63, 3.8) is 0 Å². The fraction of sp³-hybridized carbons (Fsp3) is 0.300. The molecule has 30 heavy (non-hydrogen) atoms. The number of alkyl carbamates (subject to hydrolysis) is 1. The number of rotatable bonds is 5. The molecule has 0 radical (unpaired) electrons. The van der Waals surface area contributed by atoms with Gasteiger partial charge in [0.05, 0.1) is 5.56 Å². The molecule has 0 heterocycles. The second kappa shape index (κ2) is 8.68. The van der Waals surface area contributed by atoms with Gasteiger partial charge in [-0.05, 0) is 31.9 Å². The molecule has 0 spiro atoms. The van der Waals surface area contributed by atoms with E-state index in [-0.39, 0.29) is 12.0 Å². The van der Waals surface area contributed by atoms with Gasteiger partial charge in [0.2, 0.25) is 5.82 Å². The van der Waals surface area contributed by atoms with Crippen LogP contribution in [0.3, 0.4) is 0 Å². The van der Waals surface area contributed by atoms with Crippen molar-refractivity contribution >= 4 is 12.1 Å². The van der Waals surface area contributed by atoms with Crippen molar-refractivity contribution in [3.05, 3.63) is 58.9 Å². The largest absolute Gasteiger partial charge is 0.480 e. The van der Waals surface area contributed by atoms with Crippen molar-refractivity contribution < 1.29 is 41.4 Å². The number of hydrogen-bond acceptors (Lipinski definition) is 3. The molecule has 0 aliphatic heterocycles. The molecular formula is C20H18F5NO4. The minimum atomic E-state index is -2.26. The van der Waals surface area contributed by atoms with Gasteiger partial charge in [-0.15, -0.1) is 0 Å². The number of aliphatic carboxylic acids is 1. The Balaban J connectivity index is 2.25. The third-order valence-electron chi connectivity index (χ3n) is 3.88. The van der Waals surface area contributed by atoms with Crippen molar-refractivity contribution in [2.24, 2.45) is 0 Å². The van der Waals surface area contributed by atoms with E-state index in [1.54, 1.807) is 20.8 Å². The normalized spacial score (nSPS) is 12.4. The number of ether oxygens (including phenoxy) is 1. The third-order valence-corrected chi connectivity index (χ3v) is 3.88. The van der Waals surface area contributed by atoms with Crippen molar-refractivity contribution in [3.8, 4) is 11.1 Å². The van der Waals surface area contributed by atoms with Crippen LogP contribution in [0.25, 0.3) is 11.1 Å². The zero-order chi connectivity index (χ0) is 22.8. The first-order chi connectivity index (χ1) is 13.8. The number of carboxylic acid groups (broad SMARTS) is 1. The fourth-order valence-corrected chi connectivity index (χ4v) is 2.55. The van der Waals surface area contributed by atoms with E-state index in [0.29, 0.717) is 5.56 Å². The van der Waals surface area contributed by atoms with Crippen LogP contribution in [0.1, 0.15) is 26.3 Å². The molecule has 1 amide bonds. The maximum Gasteiger partial charge on any atom is 0.408 e. The maximum absolute atomic E-state index is 13.9. The Kier molecular flexibility index (Phi) is 6.69. The molecule has 0 saturated heterocycles. The Morgan fingerprint density at radius 1 is 0.933 bits per heavy atom. The van der Waals surface area contributed by atoms with Gasteiger partial charge in [-0.1, -0.05) is 24.3 Å². The Labute approximate surface area is 168 Å². The summed E-state index contributed by atoms with van der Waals surface area (Å²) in [6.07, 6.45) is -1.17. The van der Waals surface area contributed by atoms with Gasteiger partial charge in [-0.25, -0.2) is 31.5 Å². The highest BCUT2D eigenvalue weighted by molar-refractivity contribution is 5.80. The molecule has 0 aliphatic carbocycles. The summed E-state index contributed by atoms with van der Waals surface area (Å²) in [4.78, 5) is 23.2. The minimum absolute atomic E-state index is 0.216. The summed E-state index contributed by atoms with van der Waals surface area (Å²) in [6, 6.07) is 3.29. The number of halogens is 5. The summed E-state index contributed by atoms with van der Waals surface area (Å²) in [6.45, 7) is 4.79. The number of nitrogens with one attached hydrogen (secondary N) is 1. The Morgan fingerprint density at radius 3 is 1.83 bits per heavy atom. The molecule has 5 nitrogen and oxygen atoms in total. The molecule has 0 fully saturated rings. The number of benzene rings is 2. The zero-order valence-corrected chi connectivity index (χ0v) is 16.2. The molecule has 0 unspecified atom stereocenters. The van der Waals surface area contributed by atoms with E-state index >= 15 is 0 Å². The lowest BCUT2D eigenvalue weighted by atomic mass is 9.99. The van der Waals surface area contributed by atoms with E-state index in [2.05, 4.69) is 5.32 Å². The highest BCUT2D eigenvalue weighted by atomic mass is 19.2. The third kappa shape index (κ3) is 5.25. The van der Waals surface area contributed by atoms with Gasteiger partial charge in [0.15, 0.2) is 23.3 Å². The highest BCUT2D eigenvalue weighted by Crippen LogP contribution is 2.31. The van der Waals surface area contributed by atoms with Gasteiger partial charge >= 0.3 is 12.1 Å². The summed E-state index contributed by atoms with van der Waals surface area (Å²) in [5.74, 6) is -11.7. The Bertz CT molecular complexity index is 942. The fourth-order valence-electron chi connectivity index (χ4n) is 2.55. The molecular weight excluding hydrogens is 413 g/mol. The van der Waals surface area contributed by atoms with Crippen LogP contribution in [0.2, 0.25) is 0 Å². The van der Waals surface area contributed by atoms with Crippen molar-refractivity contribution in [2.75, 3.05) is 0 Å². The topological polar surface area (TPSA) is 75.6 Å². The molecule has 0 aliphatic rings. The van der Waals surface area contributed by atoms with E-state index in [9.17, 15) is 36.6 Å². The number of carbonyl (C=O) groups is 2.